The van der Waals surface area contributed by atoms with Gasteiger partial charge in [-0.2, -0.15) is 0 Å². The van der Waals surface area contributed by atoms with Gasteiger partial charge in [-0.25, -0.2) is 4.98 Å². The number of ether oxygens (including phenoxy) is 2. The molecule has 0 spiro atoms. The number of hydrogen-bond donors (Lipinski definition) is 1. The van der Waals surface area contributed by atoms with Gasteiger partial charge in [0.25, 0.3) is 0 Å². The number of nitrogens with zero attached hydrogens (tertiary/aromatic N) is 2. The van der Waals surface area contributed by atoms with E-state index in [1.165, 1.54) is 6.08 Å². The molecule has 0 aliphatic rings. The van der Waals surface area contributed by atoms with Crippen molar-refractivity contribution < 1.29 is 14.3 Å². The van der Waals surface area contributed by atoms with E-state index in [2.05, 4.69) is 16.5 Å². The number of nitrogens with one attached hydrogen (secondary N) is 1. The molecule has 6 heteroatoms. The van der Waals surface area contributed by atoms with Crippen LogP contribution in [0.1, 0.15) is 5.82 Å². The van der Waals surface area contributed by atoms with Crippen LogP contribution in [-0.4, -0.2) is 35.7 Å². The summed E-state index contributed by atoms with van der Waals surface area (Å²) >= 11 is 0. The fourth-order valence-electron chi connectivity index (χ4n) is 2.92. The lowest BCUT2D eigenvalue weighted by atomic mass is 10.3. The summed E-state index contributed by atoms with van der Waals surface area (Å²) in [5.41, 5.74) is 1.98. The minimum Gasteiger partial charge on any atom is -0.493 e. The highest BCUT2D eigenvalue weighted by Crippen LogP contribution is 2.26. The molecule has 3 aromatic rings. The summed E-state index contributed by atoms with van der Waals surface area (Å²) in [5.74, 6) is 2.14. The molecule has 3 rings (SSSR count). The lowest BCUT2D eigenvalue weighted by Crippen LogP contribution is -2.24. The van der Waals surface area contributed by atoms with Crippen LogP contribution in [0, 0.1) is 0 Å². The third-order valence-electron chi connectivity index (χ3n) is 4.21. The van der Waals surface area contributed by atoms with Gasteiger partial charge in [0, 0.05) is 13.0 Å². The summed E-state index contributed by atoms with van der Waals surface area (Å²) in [7, 11) is 1.63. The number of para-hydroxylation sites is 4. The molecule has 0 aliphatic carbocycles. The van der Waals surface area contributed by atoms with E-state index in [4.69, 9.17) is 14.5 Å². The van der Waals surface area contributed by atoms with Gasteiger partial charge < -0.3 is 19.4 Å². The van der Waals surface area contributed by atoms with Crippen molar-refractivity contribution in [1.82, 2.24) is 14.9 Å². The molecule has 0 saturated heterocycles. The van der Waals surface area contributed by atoms with Gasteiger partial charge in [0.05, 0.1) is 24.7 Å². The Bertz CT molecular complexity index is 933. The van der Waals surface area contributed by atoms with E-state index in [0.717, 1.165) is 16.9 Å². The van der Waals surface area contributed by atoms with Gasteiger partial charge in [-0.05, 0) is 30.3 Å². The van der Waals surface area contributed by atoms with Crippen molar-refractivity contribution in [3.63, 3.8) is 0 Å². The average molecular weight is 365 g/mol. The second-order valence-electron chi connectivity index (χ2n) is 5.91. The number of rotatable bonds is 9. The topological polar surface area (TPSA) is 65.4 Å². The third kappa shape index (κ3) is 4.47. The molecule has 0 aliphatic heterocycles. The Morgan fingerprint density at radius 1 is 1.19 bits per heavy atom. The lowest BCUT2D eigenvalue weighted by molar-refractivity contribution is -0.116. The third-order valence-corrected chi connectivity index (χ3v) is 4.21. The summed E-state index contributed by atoms with van der Waals surface area (Å²) in [4.78, 5) is 16.1. The molecule has 2 aromatic carbocycles. The first-order chi connectivity index (χ1) is 13.2. The van der Waals surface area contributed by atoms with Crippen LogP contribution < -0.4 is 14.8 Å². The molecule has 0 unspecified atom stereocenters. The Morgan fingerprint density at radius 2 is 1.93 bits per heavy atom. The van der Waals surface area contributed by atoms with Crippen molar-refractivity contribution in [3.8, 4) is 11.5 Å². The maximum absolute atomic E-state index is 11.4. The maximum atomic E-state index is 11.4. The van der Waals surface area contributed by atoms with E-state index >= 15 is 0 Å². The quantitative estimate of drug-likeness (QED) is 0.592. The van der Waals surface area contributed by atoms with E-state index in [1.54, 1.807) is 7.11 Å². The number of carbonyl (C=O) groups excluding carboxylic acids is 1. The van der Waals surface area contributed by atoms with Gasteiger partial charge in [-0.15, -0.1) is 0 Å². The van der Waals surface area contributed by atoms with E-state index in [0.29, 0.717) is 37.6 Å². The molecule has 0 radical (unpaired) electrons. The smallest absolute Gasteiger partial charge is 0.243 e. The number of benzene rings is 2. The Hall–Kier alpha value is -3.28. The summed E-state index contributed by atoms with van der Waals surface area (Å²) in [6.45, 7) is 5.08. The van der Waals surface area contributed by atoms with Crippen molar-refractivity contribution in [2.75, 3.05) is 20.3 Å². The summed E-state index contributed by atoms with van der Waals surface area (Å²) in [6.07, 6.45) is 1.90. The molecule has 0 fully saturated rings. The molecule has 1 amide bonds. The molecule has 6 nitrogen and oxygen atoms in total. The standard InChI is InChI=1S/C21H23N3O3/c1-3-21(25)22-13-12-20-23-16-8-4-5-9-17(16)24(20)14-15-27-19-11-7-6-10-18(19)26-2/h3-11H,1,12-15H2,2H3,(H,22,25). The first kappa shape index (κ1) is 18.5. The Balaban J connectivity index is 1.72. The van der Waals surface area contributed by atoms with Crippen LogP contribution in [0.4, 0.5) is 0 Å². The van der Waals surface area contributed by atoms with Crippen LogP contribution in [0.3, 0.4) is 0 Å². The number of imidazole rings is 1. The number of fused-ring (bicyclic) bond motifs is 1. The van der Waals surface area contributed by atoms with Gasteiger partial charge in [0.15, 0.2) is 11.5 Å². The Morgan fingerprint density at radius 3 is 2.70 bits per heavy atom. The molecule has 1 N–H and O–H groups in total. The second-order valence-corrected chi connectivity index (χ2v) is 5.91. The van der Waals surface area contributed by atoms with Crippen LogP contribution in [0.15, 0.2) is 61.2 Å². The van der Waals surface area contributed by atoms with Crippen LogP contribution in [0.2, 0.25) is 0 Å². The highest BCUT2D eigenvalue weighted by atomic mass is 16.5. The first-order valence-electron chi connectivity index (χ1n) is 8.83. The SMILES string of the molecule is C=CC(=O)NCCc1nc2ccccc2n1CCOc1ccccc1OC. The monoisotopic (exact) mass is 365 g/mol. The lowest BCUT2D eigenvalue weighted by Gasteiger charge is -2.13. The highest BCUT2D eigenvalue weighted by Gasteiger charge is 2.11. The first-order valence-corrected chi connectivity index (χ1v) is 8.83. The van der Waals surface area contributed by atoms with Crippen LogP contribution in [-0.2, 0) is 17.8 Å². The molecule has 0 saturated carbocycles. The van der Waals surface area contributed by atoms with Crippen LogP contribution in [0.25, 0.3) is 11.0 Å². The van der Waals surface area contributed by atoms with E-state index in [-0.39, 0.29) is 5.91 Å². The van der Waals surface area contributed by atoms with Crippen LogP contribution in [0.5, 0.6) is 11.5 Å². The molecular formula is C21H23N3O3. The predicted octanol–water partition coefficient (Wildman–Crippen LogP) is 2.97. The minimum absolute atomic E-state index is 0.183. The zero-order valence-corrected chi connectivity index (χ0v) is 15.4. The van der Waals surface area contributed by atoms with Crippen molar-refractivity contribution in [2.24, 2.45) is 0 Å². The fourth-order valence-corrected chi connectivity index (χ4v) is 2.92. The average Bonchev–Trinajstić information content (AvgIpc) is 3.05. The highest BCUT2D eigenvalue weighted by molar-refractivity contribution is 5.86. The zero-order valence-electron chi connectivity index (χ0n) is 15.4. The second kappa shape index (κ2) is 8.89. The van der Waals surface area contributed by atoms with E-state index < -0.39 is 0 Å². The zero-order chi connectivity index (χ0) is 19.1. The number of hydrogen-bond acceptors (Lipinski definition) is 4. The Kier molecular flexibility index (Phi) is 6.10. The molecule has 1 aromatic heterocycles. The fraction of sp³-hybridized carbons (Fsp3) is 0.238. The summed E-state index contributed by atoms with van der Waals surface area (Å²) in [6, 6.07) is 15.6. The number of amides is 1. The van der Waals surface area contributed by atoms with Crippen molar-refractivity contribution in [1.29, 1.82) is 0 Å². The summed E-state index contributed by atoms with van der Waals surface area (Å²) < 4.78 is 13.4. The molecule has 0 bridgehead atoms. The van der Waals surface area contributed by atoms with Crippen molar-refractivity contribution >= 4 is 16.9 Å². The van der Waals surface area contributed by atoms with Crippen molar-refractivity contribution in [3.05, 3.63) is 67.0 Å². The minimum atomic E-state index is -0.183. The summed E-state index contributed by atoms with van der Waals surface area (Å²) in [5, 5.41) is 2.79. The van der Waals surface area contributed by atoms with Crippen molar-refractivity contribution in [2.45, 2.75) is 13.0 Å². The number of carbonyl (C=O) groups is 1. The van der Waals surface area contributed by atoms with Gasteiger partial charge >= 0.3 is 0 Å². The maximum Gasteiger partial charge on any atom is 0.243 e. The molecule has 1 heterocycles. The Labute approximate surface area is 158 Å². The van der Waals surface area contributed by atoms with Gasteiger partial charge in [0.1, 0.15) is 12.4 Å². The van der Waals surface area contributed by atoms with E-state index in [1.807, 2.05) is 48.5 Å². The van der Waals surface area contributed by atoms with Gasteiger partial charge in [0.2, 0.25) is 5.91 Å². The van der Waals surface area contributed by atoms with E-state index in [9.17, 15) is 4.79 Å². The van der Waals surface area contributed by atoms with Gasteiger partial charge in [-0.3, -0.25) is 4.79 Å². The molecule has 140 valence electrons. The van der Waals surface area contributed by atoms with Crippen LogP contribution >= 0.6 is 0 Å². The molecular weight excluding hydrogens is 342 g/mol. The predicted molar refractivity (Wildman–Crippen MR) is 105 cm³/mol. The van der Waals surface area contributed by atoms with Gasteiger partial charge in [-0.1, -0.05) is 30.8 Å². The number of methoxy groups -OCH3 is 1. The number of aromatic nitrogens is 2. The largest absolute Gasteiger partial charge is 0.493 e. The molecule has 27 heavy (non-hydrogen) atoms. The normalized spacial score (nSPS) is 10.6. The molecule has 0 atom stereocenters.